The van der Waals surface area contributed by atoms with Gasteiger partial charge in [-0.05, 0) is 30.2 Å². The highest BCUT2D eigenvalue weighted by atomic mass is 15.1. The zero-order valence-corrected chi connectivity index (χ0v) is 9.82. The van der Waals surface area contributed by atoms with E-state index in [0.29, 0.717) is 0 Å². The second kappa shape index (κ2) is 5.89. The lowest BCUT2D eigenvalue weighted by atomic mass is 10.1. The van der Waals surface area contributed by atoms with Crippen LogP contribution in [-0.4, -0.2) is 4.98 Å². The second-order valence-corrected chi connectivity index (χ2v) is 3.76. The van der Waals surface area contributed by atoms with E-state index in [2.05, 4.69) is 22.1 Å². The summed E-state index contributed by atoms with van der Waals surface area (Å²) in [5.41, 5.74) is 1.99. The van der Waals surface area contributed by atoms with E-state index in [-0.39, 0.29) is 6.04 Å². The van der Waals surface area contributed by atoms with Crippen molar-refractivity contribution in [2.24, 2.45) is 10.2 Å². The molecule has 0 saturated carbocycles. The van der Waals surface area contributed by atoms with E-state index >= 15 is 0 Å². The number of hydrogen-bond acceptors (Lipinski definition) is 3. The standard InChI is InChI=1S/C14H15N3/c1-2-14(12-7-6-10-15-11-12)17-16-13-8-4-3-5-9-13/h3-11,14H,2H2,1H3. The Balaban J connectivity index is 2.14. The molecule has 1 unspecified atom stereocenters. The van der Waals surface area contributed by atoms with Gasteiger partial charge in [-0.25, -0.2) is 0 Å². The minimum absolute atomic E-state index is 0.0870. The fourth-order valence-electron chi connectivity index (χ4n) is 1.59. The number of benzene rings is 1. The molecule has 3 nitrogen and oxygen atoms in total. The Morgan fingerprint density at radius 3 is 2.59 bits per heavy atom. The third kappa shape index (κ3) is 3.21. The van der Waals surface area contributed by atoms with Gasteiger partial charge in [0.1, 0.15) is 0 Å². The van der Waals surface area contributed by atoms with Gasteiger partial charge in [0.25, 0.3) is 0 Å². The first-order valence-electron chi connectivity index (χ1n) is 5.76. The third-order valence-electron chi connectivity index (χ3n) is 2.52. The summed E-state index contributed by atoms with van der Waals surface area (Å²) in [4.78, 5) is 4.11. The highest BCUT2D eigenvalue weighted by Crippen LogP contribution is 2.22. The Morgan fingerprint density at radius 1 is 1.12 bits per heavy atom. The molecular formula is C14H15N3. The highest BCUT2D eigenvalue weighted by Gasteiger charge is 2.06. The van der Waals surface area contributed by atoms with Crippen LogP contribution in [0.15, 0.2) is 65.1 Å². The quantitative estimate of drug-likeness (QED) is 0.714. The van der Waals surface area contributed by atoms with E-state index in [1.807, 2.05) is 48.7 Å². The SMILES string of the molecule is CCC(N=Nc1ccccc1)c1cccnc1. The van der Waals surface area contributed by atoms with Crippen LogP contribution >= 0.6 is 0 Å². The monoisotopic (exact) mass is 225 g/mol. The van der Waals surface area contributed by atoms with E-state index < -0.39 is 0 Å². The van der Waals surface area contributed by atoms with Gasteiger partial charge in [0, 0.05) is 12.4 Å². The van der Waals surface area contributed by atoms with Crippen LogP contribution in [0.1, 0.15) is 24.9 Å². The van der Waals surface area contributed by atoms with Crippen molar-refractivity contribution in [1.82, 2.24) is 4.98 Å². The van der Waals surface area contributed by atoms with Crippen LogP contribution in [0.5, 0.6) is 0 Å². The lowest BCUT2D eigenvalue weighted by molar-refractivity contribution is 0.662. The summed E-state index contributed by atoms with van der Waals surface area (Å²) in [6.07, 6.45) is 4.53. The summed E-state index contributed by atoms with van der Waals surface area (Å²) < 4.78 is 0. The predicted octanol–water partition coefficient (Wildman–Crippen LogP) is 4.32. The summed E-state index contributed by atoms with van der Waals surface area (Å²) in [6, 6.07) is 13.8. The molecular weight excluding hydrogens is 210 g/mol. The summed E-state index contributed by atoms with van der Waals surface area (Å²) in [5.74, 6) is 0. The van der Waals surface area contributed by atoms with Crippen LogP contribution in [-0.2, 0) is 0 Å². The first-order valence-corrected chi connectivity index (χ1v) is 5.76. The summed E-state index contributed by atoms with van der Waals surface area (Å²) in [7, 11) is 0. The topological polar surface area (TPSA) is 37.6 Å². The number of nitrogens with zero attached hydrogens (tertiary/aromatic N) is 3. The smallest absolute Gasteiger partial charge is 0.0974 e. The number of aromatic nitrogens is 1. The molecule has 0 amide bonds. The molecule has 1 atom stereocenters. The Labute approximate surface area is 101 Å². The lowest BCUT2D eigenvalue weighted by Gasteiger charge is -2.07. The fraction of sp³-hybridized carbons (Fsp3) is 0.214. The molecule has 3 heteroatoms. The van der Waals surface area contributed by atoms with Crippen molar-refractivity contribution in [3.8, 4) is 0 Å². The number of rotatable bonds is 4. The first kappa shape index (κ1) is 11.5. The van der Waals surface area contributed by atoms with Gasteiger partial charge >= 0.3 is 0 Å². The van der Waals surface area contributed by atoms with Crippen molar-refractivity contribution in [1.29, 1.82) is 0 Å². The molecule has 1 aromatic heterocycles. The van der Waals surface area contributed by atoms with Crippen molar-refractivity contribution in [3.63, 3.8) is 0 Å². The van der Waals surface area contributed by atoms with Crippen LogP contribution in [0.4, 0.5) is 5.69 Å². The second-order valence-electron chi connectivity index (χ2n) is 3.76. The molecule has 0 aliphatic heterocycles. The van der Waals surface area contributed by atoms with E-state index in [1.165, 1.54) is 0 Å². The maximum atomic E-state index is 4.37. The van der Waals surface area contributed by atoms with Crippen molar-refractivity contribution in [3.05, 3.63) is 60.4 Å². The molecule has 86 valence electrons. The first-order chi connectivity index (χ1) is 8.40. The van der Waals surface area contributed by atoms with E-state index in [1.54, 1.807) is 6.20 Å². The van der Waals surface area contributed by atoms with E-state index in [0.717, 1.165) is 17.7 Å². The minimum atomic E-state index is 0.0870. The molecule has 0 bridgehead atoms. The maximum absolute atomic E-state index is 4.37. The average Bonchev–Trinajstić information content (AvgIpc) is 2.42. The van der Waals surface area contributed by atoms with Gasteiger partial charge in [0.05, 0.1) is 11.7 Å². The molecule has 0 aliphatic carbocycles. The largest absolute Gasteiger partial charge is 0.264 e. The van der Waals surface area contributed by atoms with Crippen molar-refractivity contribution in [2.75, 3.05) is 0 Å². The molecule has 1 heterocycles. The number of azo groups is 1. The summed E-state index contributed by atoms with van der Waals surface area (Å²) >= 11 is 0. The maximum Gasteiger partial charge on any atom is 0.0974 e. The minimum Gasteiger partial charge on any atom is -0.264 e. The number of hydrogen-bond donors (Lipinski definition) is 0. The lowest BCUT2D eigenvalue weighted by Crippen LogP contribution is -1.92. The third-order valence-corrected chi connectivity index (χ3v) is 2.52. The Kier molecular flexibility index (Phi) is 3.97. The Bertz CT molecular complexity index is 465. The van der Waals surface area contributed by atoms with Gasteiger partial charge in [-0.2, -0.15) is 10.2 Å². The van der Waals surface area contributed by atoms with Gasteiger partial charge < -0.3 is 0 Å². The fourth-order valence-corrected chi connectivity index (χ4v) is 1.59. The average molecular weight is 225 g/mol. The van der Waals surface area contributed by atoms with E-state index in [4.69, 9.17) is 0 Å². The Hall–Kier alpha value is -2.03. The zero-order valence-electron chi connectivity index (χ0n) is 9.82. The highest BCUT2D eigenvalue weighted by molar-refractivity contribution is 5.34. The Morgan fingerprint density at radius 2 is 1.94 bits per heavy atom. The van der Waals surface area contributed by atoms with E-state index in [9.17, 15) is 0 Å². The van der Waals surface area contributed by atoms with Crippen LogP contribution in [0.3, 0.4) is 0 Å². The van der Waals surface area contributed by atoms with Gasteiger partial charge in [0.2, 0.25) is 0 Å². The predicted molar refractivity (Wildman–Crippen MR) is 68.2 cm³/mol. The van der Waals surface area contributed by atoms with Crippen LogP contribution in [0.25, 0.3) is 0 Å². The molecule has 17 heavy (non-hydrogen) atoms. The molecule has 0 aliphatic rings. The normalized spacial score (nSPS) is 12.8. The van der Waals surface area contributed by atoms with Crippen molar-refractivity contribution in [2.45, 2.75) is 19.4 Å². The van der Waals surface area contributed by atoms with Crippen LogP contribution in [0.2, 0.25) is 0 Å². The molecule has 2 aromatic rings. The zero-order chi connectivity index (χ0) is 11.9. The number of pyridine rings is 1. The van der Waals surface area contributed by atoms with Gasteiger partial charge in [-0.15, -0.1) is 0 Å². The molecule has 0 N–H and O–H groups in total. The van der Waals surface area contributed by atoms with Gasteiger partial charge in [0.15, 0.2) is 0 Å². The van der Waals surface area contributed by atoms with Crippen molar-refractivity contribution >= 4 is 5.69 Å². The van der Waals surface area contributed by atoms with Crippen LogP contribution < -0.4 is 0 Å². The molecule has 0 spiro atoms. The van der Waals surface area contributed by atoms with Crippen molar-refractivity contribution < 1.29 is 0 Å². The molecule has 0 radical (unpaired) electrons. The molecule has 0 fully saturated rings. The molecule has 1 aromatic carbocycles. The summed E-state index contributed by atoms with van der Waals surface area (Å²) in [5, 5.41) is 8.62. The summed E-state index contributed by atoms with van der Waals surface area (Å²) in [6.45, 7) is 2.10. The molecule has 2 rings (SSSR count). The van der Waals surface area contributed by atoms with Gasteiger partial charge in [-0.3, -0.25) is 4.98 Å². The molecule has 0 saturated heterocycles. The van der Waals surface area contributed by atoms with Gasteiger partial charge in [-0.1, -0.05) is 31.2 Å². The van der Waals surface area contributed by atoms with Crippen LogP contribution in [0, 0.1) is 0 Å².